The predicted octanol–water partition coefficient (Wildman–Crippen LogP) is 4.39. The Kier molecular flexibility index (Phi) is 6.39. The van der Waals surface area contributed by atoms with Crippen molar-refractivity contribution < 1.29 is 19.6 Å². The minimum Gasteiger partial charge on any atom is -0.481 e. The molecule has 3 atom stereocenters. The summed E-state index contributed by atoms with van der Waals surface area (Å²) in [7, 11) is -1.09. The first-order valence-electron chi connectivity index (χ1n) is 7.82. The molecule has 0 aliphatic heterocycles. The molecule has 0 aromatic heterocycles. The third kappa shape index (κ3) is 4.56. The standard InChI is InChI=1S/C18H21O4PS/c1-12(2)9-16(17(19)20)18(21,23-22)11-24-15-8-7-13-5-3-4-6-14(13)10-15/h3-8,10,12,16,21H,9,11H2,1-2H3,(H,19,20)/p+1. The fourth-order valence-electron chi connectivity index (χ4n) is 2.62. The van der Waals surface area contributed by atoms with E-state index >= 15 is 0 Å². The number of hydrogen-bond donors (Lipinski definition) is 2. The SMILES string of the molecule is CC(C)CC(C(=O)O)C(O)(CSc1ccc2ccccc2c1)[PH+]=O. The Bertz CT molecular complexity index is 734. The Morgan fingerprint density at radius 3 is 2.46 bits per heavy atom. The van der Waals surface area contributed by atoms with E-state index in [2.05, 4.69) is 0 Å². The highest BCUT2D eigenvalue weighted by Gasteiger charge is 2.49. The van der Waals surface area contributed by atoms with E-state index in [4.69, 9.17) is 0 Å². The second kappa shape index (κ2) is 8.11. The van der Waals surface area contributed by atoms with Gasteiger partial charge in [0, 0.05) is 4.90 Å². The number of rotatable bonds is 8. The third-order valence-corrected chi connectivity index (χ3v) is 6.24. The number of thioether (sulfide) groups is 1. The van der Waals surface area contributed by atoms with Gasteiger partial charge in [0.2, 0.25) is 0 Å². The highest BCUT2D eigenvalue weighted by molar-refractivity contribution is 7.99. The van der Waals surface area contributed by atoms with Gasteiger partial charge in [0.25, 0.3) is 5.34 Å². The van der Waals surface area contributed by atoms with Crippen molar-refractivity contribution in [1.29, 1.82) is 0 Å². The summed E-state index contributed by atoms with van der Waals surface area (Å²) in [4.78, 5) is 12.4. The second-order valence-electron chi connectivity index (χ2n) is 6.34. The van der Waals surface area contributed by atoms with E-state index in [0.717, 1.165) is 15.7 Å². The summed E-state index contributed by atoms with van der Waals surface area (Å²) in [6.07, 6.45) is 0.291. The average Bonchev–Trinajstić information content (AvgIpc) is 2.57. The molecule has 2 rings (SSSR count). The molecule has 0 saturated carbocycles. The molecule has 0 heterocycles. The van der Waals surface area contributed by atoms with Crippen molar-refractivity contribution >= 4 is 37.0 Å². The van der Waals surface area contributed by atoms with Crippen LogP contribution in [0.25, 0.3) is 10.8 Å². The Morgan fingerprint density at radius 1 is 1.21 bits per heavy atom. The third-order valence-electron chi connectivity index (χ3n) is 3.94. The van der Waals surface area contributed by atoms with E-state index in [0.29, 0.717) is 6.42 Å². The number of benzene rings is 2. The molecule has 24 heavy (non-hydrogen) atoms. The molecule has 2 N–H and O–H groups in total. The molecule has 0 spiro atoms. The topological polar surface area (TPSA) is 74.6 Å². The molecule has 2 aromatic carbocycles. The fourth-order valence-corrected chi connectivity index (χ4v) is 4.42. The molecule has 2 aromatic rings. The lowest BCUT2D eigenvalue weighted by Crippen LogP contribution is -2.40. The van der Waals surface area contributed by atoms with E-state index in [-0.39, 0.29) is 11.7 Å². The summed E-state index contributed by atoms with van der Waals surface area (Å²) in [5.41, 5.74) is 0. The molecular formula is C18H22O4PS+. The van der Waals surface area contributed by atoms with Crippen molar-refractivity contribution in [3.05, 3.63) is 42.5 Å². The number of aliphatic hydroxyl groups is 1. The van der Waals surface area contributed by atoms with Gasteiger partial charge in [-0.15, -0.1) is 11.8 Å². The Hall–Kier alpha value is -1.42. The summed E-state index contributed by atoms with van der Waals surface area (Å²) >= 11 is 1.33. The predicted molar refractivity (Wildman–Crippen MR) is 99.2 cm³/mol. The Balaban J connectivity index is 2.18. The Labute approximate surface area is 147 Å². The maximum Gasteiger partial charge on any atom is 0.361 e. The van der Waals surface area contributed by atoms with Crippen LogP contribution in [0.15, 0.2) is 47.4 Å². The highest BCUT2D eigenvalue weighted by Crippen LogP contribution is 2.38. The zero-order valence-corrected chi connectivity index (χ0v) is 15.5. The minimum atomic E-state index is -1.73. The van der Waals surface area contributed by atoms with Gasteiger partial charge in [0.15, 0.2) is 0 Å². The summed E-state index contributed by atoms with van der Waals surface area (Å²) in [6.45, 7) is 3.78. The van der Waals surface area contributed by atoms with Crippen LogP contribution >= 0.6 is 20.2 Å². The lowest BCUT2D eigenvalue weighted by Gasteiger charge is -2.23. The smallest absolute Gasteiger partial charge is 0.361 e. The molecule has 0 radical (unpaired) electrons. The number of hydrogen-bond acceptors (Lipinski definition) is 4. The molecule has 4 nitrogen and oxygen atoms in total. The molecule has 0 amide bonds. The van der Waals surface area contributed by atoms with E-state index in [1.54, 1.807) is 0 Å². The molecule has 0 bridgehead atoms. The van der Waals surface area contributed by atoms with Gasteiger partial charge in [-0.3, -0.25) is 4.79 Å². The number of aliphatic carboxylic acids is 1. The van der Waals surface area contributed by atoms with Crippen LogP contribution in [0.5, 0.6) is 0 Å². The van der Waals surface area contributed by atoms with E-state index < -0.39 is 25.7 Å². The first-order valence-corrected chi connectivity index (χ1v) is 9.71. The lowest BCUT2D eigenvalue weighted by atomic mass is 9.92. The Morgan fingerprint density at radius 2 is 1.88 bits per heavy atom. The van der Waals surface area contributed by atoms with Crippen molar-refractivity contribution in [2.24, 2.45) is 11.8 Å². The normalized spacial score (nSPS) is 15.5. The van der Waals surface area contributed by atoms with Crippen molar-refractivity contribution in [3.8, 4) is 0 Å². The van der Waals surface area contributed by atoms with Crippen molar-refractivity contribution in [3.63, 3.8) is 0 Å². The summed E-state index contributed by atoms with van der Waals surface area (Å²) in [5.74, 6) is -1.97. The fraction of sp³-hybridized carbons (Fsp3) is 0.389. The van der Waals surface area contributed by atoms with Gasteiger partial charge in [-0.2, -0.15) is 0 Å². The van der Waals surface area contributed by atoms with E-state index in [1.807, 2.05) is 56.3 Å². The van der Waals surface area contributed by atoms with Crippen LogP contribution < -0.4 is 0 Å². The van der Waals surface area contributed by atoms with E-state index in [1.165, 1.54) is 11.8 Å². The summed E-state index contributed by atoms with van der Waals surface area (Å²) in [6, 6.07) is 13.8. The van der Waals surface area contributed by atoms with Crippen LogP contribution in [0.2, 0.25) is 0 Å². The van der Waals surface area contributed by atoms with Gasteiger partial charge < -0.3 is 10.2 Å². The highest BCUT2D eigenvalue weighted by atomic mass is 32.2. The monoisotopic (exact) mass is 365 g/mol. The molecule has 3 unspecified atom stereocenters. The maximum atomic E-state index is 11.6. The van der Waals surface area contributed by atoms with Crippen molar-refractivity contribution in [2.75, 3.05) is 5.75 Å². The minimum absolute atomic E-state index is 0.0803. The summed E-state index contributed by atoms with van der Waals surface area (Å²) in [5, 5.41) is 20.6. The quantitative estimate of drug-likeness (QED) is 0.536. The van der Waals surface area contributed by atoms with Crippen LogP contribution in [0.1, 0.15) is 20.3 Å². The van der Waals surface area contributed by atoms with Gasteiger partial charge >= 0.3 is 14.4 Å². The molecule has 0 aliphatic carbocycles. The lowest BCUT2D eigenvalue weighted by molar-refractivity contribution is -0.147. The first kappa shape index (κ1) is 18.9. The molecular weight excluding hydrogens is 343 g/mol. The zero-order valence-electron chi connectivity index (χ0n) is 13.7. The van der Waals surface area contributed by atoms with Gasteiger partial charge in [0.05, 0.1) is 5.75 Å². The largest absolute Gasteiger partial charge is 0.481 e. The van der Waals surface area contributed by atoms with Gasteiger partial charge in [-0.1, -0.05) is 48.7 Å². The van der Waals surface area contributed by atoms with Crippen molar-refractivity contribution in [1.82, 2.24) is 0 Å². The first-order chi connectivity index (χ1) is 11.4. The number of carbonyl (C=O) groups is 1. The van der Waals surface area contributed by atoms with Crippen LogP contribution in [-0.4, -0.2) is 27.3 Å². The van der Waals surface area contributed by atoms with E-state index in [9.17, 15) is 19.6 Å². The number of carboxylic acid groups (broad SMARTS) is 1. The summed E-state index contributed by atoms with van der Waals surface area (Å²) < 4.78 is 11.6. The van der Waals surface area contributed by atoms with Crippen LogP contribution in [-0.2, 0) is 9.36 Å². The van der Waals surface area contributed by atoms with Crippen molar-refractivity contribution in [2.45, 2.75) is 30.5 Å². The van der Waals surface area contributed by atoms with Crippen LogP contribution in [0.4, 0.5) is 0 Å². The molecule has 0 aliphatic rings. The number of carboxylic acids is 1. The zero-order chi connectivity index (χ0) is 17.7. The molecule has 0 fully saturated rings. The average molecular weight is 365 g/mol. The van der Waals surface area contributed by atoms with Gasteiger partial charge in [-0.25, -0.2) is 0 Å². The van der Waals surface area contributed by atoms with Crippen LogP contribution in [0.3, 0.4) is 0 Å². The van der Waals surface area contributed by atoms with Gasteiger partial charge in [-0.05, 0) is 35.2 Å². The molecule has 128 valence electrons. The van der Waals surface area contributed by atoms with Crippen LogP contribution in [0, 0.1) is 11.8 Å². The molecule has 6 heteroatoms. The maximum absolute atomic E-state index is 11.6. The number of fused-ring (bicyclic) bond motifs is 1. The molecule has 0 saturated heterocycles. The second-order valence-corrected chi connectivity index (χ2v) is 8.46. The van der Waals surface area contributed by atoms with Gasteiger partial charge in [0.1, 0.15) is 5.92 Å².